The molecule has 0 heterocycles. The van der Waals surface area contributed by atoms with E-state index >= 15 is 0 Å². The van der Waals surface area contributed by atoms with Gasteiger partial charge in [-0.15, -0.1) is 0 Å². The summed E-state index contributed by atoms with van der Waals surface area (Å²) in [5.74, 6) is -0.629. The Balaban J connectivity index is 2.42. The van der Waals surface area contributed by atoms with Crippen LogP contribution < -0.4 is 10.4 Å². The maximum absolute atomic E-state index is 11.5. The van der Waals surface area contributed by atoms with Gasteiger partial charge in [0, 0.05) is 13.0 Å². The van der Waals surface area contributed by atoms with Crippen LogP contribution in [0, 0.1) is 0 Å². The van der Waals surface area contributed by atoms with Gasteiger partial charge in [-0.25, -0.2) is 4.79 Å². The molecule has 1 N–H and O–H groups in total. The molecule has 0 aromatic heterocycles. The van der Waals surface area contributed by atoms with Crippen molar-refractivity contribution in [2.45, 2.75) is 38.3 Å². The molecule has 0 amide bonds. The predicted molar refractivity (Wildman–Crippen MR) is 106 cm³/mol. The normalized spacial score (nSPS) is 13.3. The number of esters is 1. The van der Waals surface area contributed by atoms with Crippen LogP contribution in [0.5, 0.6) is 0 Å². The zero-order chi connectivity index (χ0) is 19.2. The quantitative estimate of drug-likeness (QED) is 0.599. The molecular formula is C21H28O4Si. The van der Waals surface area contributed by atoms with Crippen molar-refractivity contribution in [3.05, 3.63) is 60.7 Å². The highest BCUT2D eigenvalue weighted by molar-refractivity contribution is 6.99. The van der Waals surface area contributed by atoms with Gasteiger partial charge in [0.1, 0.15) is 0 Å². The number of methoxy groups -OCH3 is 1. The Morgan fingerprint density at radius 2 is 1.46 bits per heavy atom. The number of carbonyl (C=O) groups is 1. The van der Waals surface area contributed by atoms with Crippen LogP contribution in [-0.2, 0) is 14.0 Å². The molecule has 5 heteroatoms. The summed E-state index contributed by atoms with van der Waals surface area (Å²) in [5.41, 5.74) is 0. The van der Waals surface area contributed by atoms with E-state index in [0.29, 0.717) is 0 Å². The minimum absolute atomic E-state index is 0.133. The van der Waals surface area contributed by atoms with Gasteiger partial charge in [0.15, 0.2) is 6.10 Å². The number of benzene rings is 2. The van der Waals surface area contributed by atoms with Gasteiger partial charge in [-0.3, -0.25) is 0 Å². The van der Waals surface area contributed by atoms with Crippen LogP contribution in [0.1, 0.15) is 27.2 Å². The van der Waals surface area contributed by atoms with Crippen LogP contribution in [-0.4, -0.2) is 39.2 Å². The van der Waals surface area contributed by atoms with Gasteiger partial charge in [-0.1, -0.05) is 81.4 Å². The van der Waals surface area contributed by atoms with Gasteiger partial charge in [0.05, 0.1) is 7.11 Å². The van der Waals surface area contributed by atoms with Crippen molar-refractivity contribution in [2.75, 3.05) is 13.7 Å². The summed E-state index contributed by atoms with van der Waals surface area (Å²) < 4.78 is 11.2. The zero-order valence-corrected chi connectivity index (χ0v) is 16.9. The fourth-order valence-electron chi connectivity index (χ4n) is 3.34. The largest absolute Gasteiger partial charge is 0.467 e. The molecule has 0 bridgehead atoms. The second-order valence-electron chi connectivity index (χ2n) is 7.34. The zero-order valence-electron chi connectivity index (χ0n) is 15.9. The molecule has 0 fully saturated rings. The summed E-state index contributed by atoms with van der Waals surface area (Å²) >= 11 is 0. The lowest BCUT2D eigenvalue weighted by atomic mass is 10.2. The van der Waals surface area contributed by atoms with Gasteiger partial charge in [-0.2, -0.15) is 0 Å². The lowest BCUT2D eigenvalue weighted by Crippen LogP contribution is -2.66. The number of aliphatic hydroxyl groups is 1. The van der Waals surface area contributed by atoms with E-state index in [9.17, 15) is 9.90 Å². The smallest absolute Gasteiger partial charge is 0.334 e. The molecule has 0 aliphatic carbocycles. The first-order valence-electron chi connectivity index (χ1n) is 8.84. The van der Waals surface area contributed by atoms with Crippen molar-refractivity contribution in [3.8, 4) is 0 Å². The van der Waals surface area contributed by atoms with Crippen LogP contribution in [0.3, 0.4) is 0 Å². The van der Waals surface area contributed by atoms with Crippen LogP contribution >= 0.6 is 0 Å². The molecule has 2 rings (SSSR count). The molecule has 4 nitrogen and oxygen atoms in total. The predicted octanol–water partition coefficient (Wildman–Crippen LogP) is 2.49. The topological polar surface area (TPSA) is 55.8 Å². The standard InChI is InChI=1S/C21H28O4Si/c1-21(2,3)26(17-11-7-5-8-12-17,18-13-9-6-10-14-18)25-16-15-19(22)20(23)24-4/h5-14,19,22H,15-16H2,1-4H3/t19-/m0/s1. The van der Waals surface area contributed by atoms with Crippen molar-refractivity contribution in [3.63, 3.8) is 0 Å². The van der Waals surface area contributed by atoms with Crippen molar-refractivity contribution >= 4 is 24.7 Å². The maximum Gasteiger partial charge on any atom is 0.334 e. The van der Waals surface area contributed by atoms with E-state index in [-0.39, 0.29) is 18.1 Å². The van der Waals surface area contributed by atoms with Crippen molar-refractivity contribution in [1.82, 2.24) is 0 Å². The average molecular weight is 373 g/mol. The second-order valence-corrected chi connectivity index (χ2v) is 11.6. The molecule has 1 atom stereocenters. The van der Waals surface area contributed by atoms with Gasteiger partial charge >= 0.3 is 5.97 Å². The van der Waals surface area contributed by atoms with Crippen LogP contribution in [0.2, 0.25) is 5.04 Å². The number of aliphatic hydroxyl groups excluding tert-OH is 1. The lowest BCUT2D eigenvalue weighted by Gasteiger charge is -2.43. The third-order valence-electron chi connectivity index (χ3n) is 4.60. The van der Waals surface area contributed by atoms with Crippen molar-refractivity contribution in [1.29, 1.82) is 0 Å². The molecular weight excluding hydrogens is 344 g/mol. The highest BCUT2D eigenvalue weighted by Gasteiger charge is 2.50. The summed E-state index contributed by atoms with van der Waals surface area (Å²) in [7, 11) is -1.35. The van der Waals surface area contributed by atoms with E-state index in [2.05, 4.69) is 49.8 Å². The molecule has 26 heavy (non-hydrogen) atoms. The molecule has 0 saturated heterocycles. The highest BCUT2D eigenvalue weighted by atomic mass is 28.4. The SMILES string of the molecule is COC(=O)[C@@H](O)CCO[Si](c1ccccc1)(c1ccccc1)C(C)(C)C. The average Bonchev–Trinajstić information content (AvgIpc) is 2.64. The van der Waals surface area contributed by atoms with Crippen LogP contribution in [0.4, 0.5) is 0 Å². The molecule has 2 aromatic carbocycles. The van der Waals surface area contributed by atoms with E-state index in [1.807, 2.05) is 36.4 Å². The Kier molecular flexibility index (Phi) is 6.75. The summed E-state index contributed by atoms with van der Waals surface area (Å²) in [4.78, 5) is 11.5. The minimum Gasteiger partial charge on any atom is -0.467 e. The Labute approximate surface area is 156 Å². The summed E-state index contributed by atoms with van der Waals surface area (Å²) in [5, 5.41) is 12.1. The summed E-state index contributed by atoms with van der Waals surface area (Å²) in [6, 6.07) is 20.5. The molecule has 2 aromatic rings. The first-order valence-corrected chi connectivity index (χ1v) is 10.7. The number of ether oxygens (including phenoxy) is 1. The molecule has 0 saturated carbocycles. The van der Waals surface area contributed by atoms with E-state index in [1.54, 1.807) is 0 Å². The molecule has 0 unspecified atom stereocenters. The Bertz CT molecular complexity index is 655. The Morgan fingerprint density at radius 3 is 1.85 bits per heavy atom. The number of rotatable bonds is 7. The Hall–Kier alpha value is -1.95. The van der Waals surface area contributed by atoms with Crippen molar-refractivity contribution < 1.29 is 19.1 Å². The second kappa shape index (κ2) is 8.62. The molecule has 140 valence electrons. The number of hydrogen-bond donors (Lipinski definition) is 1. The summed E-state index contributed by atoms with van der Waals surface area (Å²) in [6.07, 6.45) is -0.963. The fourth-order valence-corrected chi connectivity index (χ4v) is 7.92. The van der Waals surface area contributed by atoms with E-state index in [1.165, 1.54) is 17.5 Å². The van der Waals surface area contributed by atoms with Crippen LogP contribution in [0.15, 0.2) is 60.7 Å². The molecule has 0 aliphatic heterocycles. The van der Waals surface area contributed by atoms with Gasteiger partial charge in [0.25, 0.3) is 8.32 Å². The molecule has 0 aliphatic rings. The number of carbonyl (C=O) groups excluding carboxylic acids is 1. The minimum atomic E-state index is -2.62. The van der Waals surface area contributed by atoms with Crippen LogP contribution in [0.25, 0.3) is 0 Å². The third kappa shape index (κ3) is 4.23. The highest BCUT2D eigenvalue weighted by Crippen LogP contribution is 2.36. The van der Waals surface area contributed by atoms with E-state index < -0.39 is 20.4 Å². The first kappa shape index (κ1) is 20.4. The van der Waals surface area contributed by atoms with Gasteiger partial charge in [-0.05, 0) is 15.4 Å². The lowest BCUT2D eigenvalue weighted by molar-refractivity contribution is -0.151. The van der Waals surface area contributed by atoms with E-state index in [4.69, 9.17) is 4.43 Å². The monoisotopic (exact) mass is 372 g/mol. The maximum atomic E-state index is 11.5. The van der Waals surface area contributed by atoms with E-state index in [0.717, 1.165) is 0 Å². The molecule has 0 radical (unpaired) electrons. The third-order valence-corrected chi connectivity index (χ3v) is 9.64. The van der Waals surface area contributed by atoms with Gasteiger partial charge in [0.2, 0.25) is 0 Å². The number of hydrogen-bond acceptors (Lipinski definition) is 4. The summed E-state index contributed by atoms with van der Waals surface area (Å²) in [6.45, 7) is 6.85. The van der Waals surface area contributed by atoms with Crippen molar-refractivity contribution in [2.24, 2.45) is 0 Å². The molecule has 0 spiro atoms. The Morgan fingerprint density at radius 1 is 1.00 bits per heavy atom. The fraction of sp³-hybridized carbons (Fsp3) is 0.381. The van der Waals surface area contributed by atoms with Gasteiger partial charge < -0.3 is 14.3 Å². The first-order chi connectivity index (χ1) is 12.3.